The molecule has 0 radical (unpaired) electrons. The van der Waals surface area contributed by atoms with E-state index in [-0.39, 0.29) is 17.9 Å². The van der Waals surface area contributed by atoms with Gasteiger partial charge in [0.1, 0.15) is 5.75 Å². The first-order valence-electron chi connectivity index (χ1n) is 8.21. The van der Waals surface area contributed by atoms with Crippen molar-refractivity contribution in [3.05, 3.63) is 54.1 Å². The number of methoxy groups -OCH3 is 1. The van der Waals surface area contributed by atoms with Crippen LogP contribution < -0.4 is 14.4 Å². The zero-order valence-electron chi connectivity index (χ0n) is 13.6. The summed E-state index contributed by atoms with van der Waals surface area (Å²) < 4.78 is 16.5. The minimum Gasteiger partial charge on any atom is -0.497 e. The van der Waals surface area contributed by atoms with Gasteiger partial charge in [0, 0.05) is 0 Å². The predicted molar refractivity (Wildman–Crippen MR) is 91.0 cm³/mol. The van der Waals surface area contributed by atoms with Gasteiger partial charge in [-0.2, -0.15) is 0 Å². The summed E-state index contributed by atoms with van der Waals surface area (Å²) in [5.74, 6) is 1.21. The van der Waals surface area contributed by atoms with E-state index in [1.165, 1.54) is 0 Å². The lowest BCUT2D eigenvalue weighted by Crippen LogP contribution is -2.46. The first kappa shape index (κ1) is 14.3. The number of aliphatic imine (C=N–C) groups is 1. The molecule has 3 aliphatic rings. The van der Waals surface area contributed by atoms with Crippen molar-refractivity contribution in [2.45, 2.75) is 12.1 Å². The number of carbonyl (C=O) groups excluding carboxylic acids is 1. The molecule has 0 amide bonds. The molecule has 0 unspecified atom stereocenters. The lowest BCUT2D eigenvalue weighted by Gasteiger charge is -2.36. The highest BCUT2D eigenvalue weighted by molar-refractivity contribution is 6.03. The Morgan fingerprint density at radius 1 is 1.16 bits per heavy atom. The lowest BCUT2D eigenvalue weighted by atomic mass is 9.86. The van der Waals surface area contributed by atoms with Gasteiger partial charge in [-0.3, -0.25) is 4.90 Å². The average Bonchev–Trinajstić information content (AvgIpc) is 3.21. The van der Waals surface area contributed by atoms with Crippen LogP contribution in [0.2, 0.25) is 0 Å². The van der Waals surface area contributed by atoms with Crippen molar-refractivity contribution in [2.24, 2.45) is 10.9 Å². The molecule has 0 saturated carbocycles. The second-order valence-corrected chi connectivity index (χ2v) is 6.31. The zero-order chi connectivity index (χ0) is 17.0. The highest BCUT2D eigenvalue weighted by Gasteiger charge is 2.52. The van der Waals surface area contributed by atoms with Gasteiger partial charge >= 0.3 is 5.97 Å². The van der Waals surface area contributed by atoms with Crippen molar-refractivity contribution in [1.29, 1.82) is 0 Å². The lowest BCUT2D eigenvalue weighted by molar-refractivity contribution is -0.138. The Hall–Kier alpha value is -3.02. The van der Waals surface area contributed by atoms with Crippen LogP contribution in [-0.2, 0) is 9.53 Å². The molecule has 0 aromatic heterocycles. The van der Waals surface area contributed by atoms with Crippen molar-refractivity contribution >= 4 is 17.7 Å². The number of benzene rings is 2. The van der Waals surface area contributed by atoms with Gasteiger partial charge in [0.05, 0.1) is 31.4 Å². The Bertz CT molecular complexity index is 877. The SMILES string of the molecule is COc1ccc([C@H]2[C@@H]3COC(=O)[C@@H]3N=C3Oc4ccccc4N32)cc1. The molecule has 1 saturated heterocycles. The molecule has 6 nitrogen and oxygen atoms in total. The maximum atomic E-state index is 12.1. The monoisotopic (exact) mass is 336 g/mol. The van der Waals surface area contributed by atoms with Crippen molar-refractivity contribution in [3.63, 3.8) is 0 Å². The molecule has 0 N–H and O–H groups in total. The summed E-state index contributed by atoms with van der Waals surface area (Å²) in [6.07, 6.45) is 0. The number of fused-ring (bicyclic) bond motifs is 4. The molecule has 2 aromatic rings. The maximum absolute atomic E-state index is 12.1. The second-order valence-electron chi connectivity index (χ2n) is 6.31. The van der Waals surface area contributed by atoms with Crippen molar-refractivity contribution in [2.75, 3.05) is 18.6 Å². The van der Waals surface area contributed by atoms with Crippen LogP contribution in [0.25, 0.3) is 0 Å². The van der Waals surface area contributed by atoms with E-state index in [0.717, 1.165) is 22.7 Å². The van der Waals surface area contributed by atoms with Crippen LogP contribution in [0.5, 0.6) is 11.5 Å². The number of hydrogen-bond acceptors (Lipinski definition) is 6. The molecule has 3 aliphatic heterocycles. The molecule has 1 fully saturated rings. The van der Waals surface area contributed by atoms with Gasteiger partial charge in [-0.15, -0.1) is 0 Å². The average molecular weight is 336 g/mol. The Labute approximate surface area is 144 Å². The fourth-order valence-corrected chi connectivity index (χ4v) is 3.80. The van der Waals surface area contributed by atoms with Gasteiger partial charge in [-0.25, -0.2) is 9.79 Å². The van der Waals surface area contributed by atoms with Crippen molar-refractivity contribution in [3.8, 4) is 11.5 Å². The molecule has 5 rings (SSSR count). The minimum absolute atomic E-state index is 0.0561. The number of carbonyl (C=O) groups is 1. The molecule has 3 heterocycles. The molecule has 0 spiro atoms. The smallest absolute Gasteiger partial charge is 0.331 e. The number of anilines is 1. The Balaban J connectivity index is 1.65. The molecule has 3 atom stereocenters. The number of ether oxygens (including phenoxy) is 3. The number of hydrogen-bond donors (Lipinski definition) is 0. The van der Waals surface area contributed by atoms with E-state index in [4.69, 9.17) is 14.2 Å². The minimum atomic E-state index is -0.521. The van der Waals surface area contributed by atoms with Crippen LogP contribution in [0.4, 0.5) is 5.69 Å². The van der Waals surface area contributed by atoms with Gasteiger partial charge in [-0.1, -0.05) is 24.3 Å². The topological polar surface area (TPSA) is 60.4 Å². The van der Waals surface area contributed by atoms with E-state index >= 15 is 0 Å². The quantitative estimate of drug-likeness (QED) is 0.789. The van der Waals surface area contributed by atoms with Crippen LogP contribution >= 0.6 is 0 Å². The number of amidine groups is 1. The van der Waals surface area contributed by atoms with E-state index < -0.39 is 6.04 Å². The molecular weight excluding hydrogens is 320 g/mol. The Morgan fingerprint density at radius 3 is 2.76 bits per heavy atom. The summed E-state index contributed by atoms with van der Waals surface area (Å²) in [5.41, 5.74) is 2.03. The van der Waals surface area contributed by atoms with Crippen molar-refractivity contribution in [1.82, 2.24) is 0 Å². The molecule has 2 aromatic carbocycles. The fourth-order valence-electron chi connectivity index (χ4n) is 3.80. The number of rotatable bonds is 2. The van der Waals surface area contributed by atoms with Gasteiger partial charge in [-0.05, 0) is 29.8 Å². The van der Waals surface area contributed by atoms with Gasteiger partial charge in [0.15, 0.2) is 11.8 Å². The zero-order valence-corrected chi connectivity index (χ0v) is 13.6. The first-order chi connectivity index (χ1) is 12.3. The first-order valence-corrected chi connectivity index (χ1v) is 8.21. The molecular formula is C19H16N2O4. The van der Waals surface area contributed by atoms with Crippen LogP contribution in [0.1, 0.15) is 11.6 Å². The Kier molecular flexibility index (Phi) is 3.00. The molecule has 6 heteroatoms. The summed E-state index contributed by atoms with van der Waals surface area (Å²) in [7, 11) is 1.64. The molecule has 0 aliphatic carbocycles. The number of esters is 1. The van der Waals surface area contributed by atoms with E-state index in [1.807, 2.05) is 48.5 Å². The molecule has 126 valence electrons. The van der Waals surface area contributed by atoms with Crippen LogP contribution in [0.3, 0.4) is 0 Å². The summed E-state index contributed by atoms with van der Waals surface area (Å²) >= 11 is 0. The molecule has 0 bridgehead atoms. The van der Waals surface area contributed by atoms with Crippen LogP contribution in [0.15, 0.2) is 53.5 Å². The Morgan fingerprint density at radius 2 is 1.96 bits per heavy atom. The maximum Gasteiger partial charge on any atom is 0.331 e. The van der Waals surface area contributed by atoms with E-state index in [2.05, 4.69) is 9.89 Å². The van der Waals surface area contributed by atoms with Gasteiger partial charge in [0.25, 0.3) is 6.02 Å². The van der Waals surface area contributed by atoms with Crippen LogP contribution in [-0.4, -0.2) is 31.7 Å². The third-order valence-electron chi connectivity index (χ3n) is 4.99. The number of cyclic esters (lactones) is 1. The summed E-state index contributed by atoms with van der Waals surface area (Å²) in [5, 5.41) is 0. The number of nitrogens with zero attached hydrogens (tertiary/aromatic N) is 2. The predicted octanol–water partition coefficient (Wildman–Crippen LogP) is 2.55. The largest absolute Gasteiger partial charge is 0.497 e. The molecule has 25 heavy (non-hydrogen) atoms. The highest BCUT2D eigenvalue weighted by atomic mass is 16.5. The van der Waals surface area contributed by atoms with Crippen molar-refractivity contribution < 1.29 is 19.0 Å². The van der Waals surface area contributed by atoms with Crippen LogP contribution in [0, 0.1) is 5.92 Å². The third-order valence-corrected chi connectivity index (χ3v) is 4.99. The standard InChI is InChI=1S/C19H16N2O4/c1-23-12-8-6-11(7-9-12)17-13-10-24-18(22)16(13)20-19-21(17)14-4-2-3-5-15(14)25-19/h2-9,13,16-17H,10H2,1H3/t13-,16-,17+/m1/s1. The fraction of sp³-hybridized carbons (Fsp3) is 0.263. The van der Waals surface area contributed by atoms with E-state index in [9.17, 15) is 4.79 Å². The van der Waals surface area contributed by atoms with Gasteiger partial charge < -0.3 is 14.2 Å². The third kappa shape index (κ3) is 2.03. The van der Waals surface area contributed by atoms with E-state index in [1.54, 1.807) is 7.11 Å². The second kappa shape index (κ2) is 5.24. The summed E-state index contributed by atoms with van der Waals surface area (Å²) in [6.45, 7) is 0.357. The van der Waals surface area contributed by atoms with E-state index in [0.29, 0.717) is 12.6 Å². The normalized spacial score (nSPS) is 26.1. The summed E-state index contributed by atoms with van der Waals surface area (Å²) in [4.78, 5) is 18.7. The van der Waals surface area contributed by atoms with Gasteiger partial charge in [0.2, 0.25) is 0 Å². The summed E-state index contributed by atoms with van der Waals surface area (Å²) in [6, 6.07) is 15.6. The number of para-hydroxylation sites is 2. The highest BCUT2D eigenvalue weighted by Crippen LogP contribution is 2.48.